The Hall–Kier alpha value is -7.95. The molecule has 0 radical (unpaired) electrons. The fourth-order valence-electron chi connectivity index (χ4n) is 7.56. The lowest BCUT2D eigenvalue weighted by molar-refractivity contribution is 1.18. The summed E-state index contributed by atoms with van der Waals surface area (Å²) in [5, 5.41) is 0. The lowest BCUT2D eigenvalue weighted by Gasteiger charge is -2.16. The van der Waals surface area contributed by atoms with Gasteiger partial charge in [0.25, 0.3) is 0 Å². The van der Waals surface area contributed by atoms with Crippen LogP contribution in [-0.4, -0.2) is 15.8 Å². The third-order valence-corrected chi connectivity index (χ3v) is 10.6. The van der Waals surface area contributed by atoms with Gasteiger partial charge >= 0.3 is 0 Å². The van der Waals surface area contributed by atoms with Crippen molar-refractivity contribution >= 4 is 11.5 Å². The Balaban J connectivity index is 1.11. The molecular weight excluding hydrogens is 729 g/mol. The van der Waals surface area contributed by atoms with Crippen LogP contribution in [0.1, 0.15) is 16.7 Å². The molecule has 0 saturated carbocycles. The van der Waals surface area contributed by atoms with Crippen molar-refractivity contribution < 1.29 is 0 Å². The zero-order chi connectivity index (χ0) is 40.5. The van der Waals surface area contributed by atoms with Gasteiger partial charge in [-0.15, -0.1) is 0 Å². The Kier molecular flexibility index (Phi) is 11.1. The smallest absolute Gasteiger partial charge is 0.160 e. The number of aromatic nitrogens is 2. The Morgan fingerprint density at radius 3 is 1.48 bits per heavy atom. The van der Waals surface area contributed by atoms with Gasteiger partial charge in [-0.1, -0.05) is 212 Å². The number of rotatable bonds is 11. The molecule has 0 aliphatic rings. The molecule has 0 amide bonds. The SMILES string of the molecule is NC(=N/C(=C\Cc1ccccc1)c1cccc(-c2ccccc2-c2ccccc2-c2cccc(-c3cc(-c4ccccc4)nc(-c4ccccc4)n3)c2)c1)c1ccccc1. The van der Waals surface area contributed by atoms with Crippen LogP contribution < -0.4 is 5.73 Å². The zero-order valence-electron chi connectivity index (χ0n) is 33.1. The van der Waals surface area contributed by atoms with E-state index in [2.05, 4.69) is 158 Å². The first-order chi connectivity index (χ1) is 29.7. The summed E-state index contributed by atoms with van der Waals surface area (Å²) in [6, 6.07) is 77.5. The predicted molar refractivity (Wildman–Crippen MR) is 250 cm³/mol. The van der Waals surface area contributed by atoms with Crippen LogP contribution in [0.3, 0.4) is 0 Å². The lowest BCUT2D eigenvalue weighted by Crippen LogP contribution is -2.13. The number of amidine groups is 1. The van der Waals surface area contributed by atoms with Gasteiger partial charge in [0.1, 0.15) is 5.84 Å². The number of allylic oxidation sites excluding steroid dienone is 1. The molecule has 0 bridgehead atoms. The van der Waals surface area contributed by atoms with Gasteiger partial charge in [-0.2, -0.15) is 0 Å². The molecule has 4 nitrogen and oxygen atoms in total. The van der Waals surface area contributed by atoms with Crippen molar-refractivity contribution in [3.63, 3.8) is 0 Å². The molecule has 60 heavy (non-hydrogen) atoms. The fraction of sp³-hybridized carbons (Fsp3) is 0.0179. The first-order valence-corrected chi connectivity index (χ1v) is 20.2. The summed E-state index contributed by atoms with van der Waals surface area (Å²) >= 11 is 0. The average Bonchev–Trinajstić information content (AvgIpc) is 3.34. The van der Waals surface area contributed by atoms with Crippen LogP contribution >= 0.6 is 0 Å². The Bertz CT molecular complexity index is 2880. The highest BCUT2D eigenvalue weighted by molar-refractivity contribution is 6.01. The molecule has 2 N–H and O–H groups in total. The van der Waals surface area contributed by atoms with Crippen molar-refractivity contribution in [3.8, 4) is 67.3 Å². The van der Waals surface area contributed by atoms with Gasteiger partial charge in [0, 0.05) is 27.8 Å². The highest BCUT2D eigenvalue weighted by Gasteiger charge is 2.16. The minimum Gasteiger partial charge on any atom is -0.383 e. The van der Waals surface area contributed by atoms with Crippen LogP contribution in [-0.2, 0) is 6.42 Å². The quantitative estimate of drug-likeness (QED) is 0.105. The summed E-state index contributed by atoms with van der Waals surface area (Å²) in [5.41, 5.74) is 22.1. The third-order valence-electron chi connectivity index (χ3n) is 10.6. The van der Waals surface area contributed by atoms with Crippen molar-refractivity contribution in [1.82, 2.24) is 9.97 Å². The molecule has 0 unspecified atom stereocenters. The molecule has 0 spiro atoms. The highest BCUT2D eigenvalue weighted by Crippen LogP contribution is 2.40. The number of hydrogen-bond donors (Lipinski definition) is 1. The summed E-state index contributed by atoms with van der Waals surface area (Å²) in [4.78, 5) is 15.2. The molecule has 8 aromatic carbocycles. The van der Waals surface area contributed by atoms with Crippen LogP contribution in [0.4, 0.5) is 0 Å². The van der Waals surface area contributed by atoms with Crippen LogP contribution in [0.25, 0.3) is 73.0 Å². The Labute approximate surface area is 351 Å². The van der Waals surface area contributed by atoms with Gasteiger partial charge in [0.15, 0.2) is 5.82 Å². The maximum absolute atomic E-state index is 6.64. The summed E-state index contributed by atoms with van der Waals surface area (Å²) in [6.45, 7) is 0. The van der Waals surface area contributed by atoms with E-state index in [4.69, 9.17) is 20.7 Å². The molecule has 0 atom stereocenters. The van der Waals surface area contributed by atoms with E-state index in [1.165, 1.54) is 5.56 Å². The second-order valence-corrected chi connectivity index (χ2v) is 14.6. The van der Waals surface area contributed by atoms with Gasteiger partial charge in [0.2, 0.25) is 0 Å². The molecule has 9 aromatic rings. The summed E-state index contributed by atoms with van der Waals surface area (Å²) in [7, 11) is 0. The summed E-state index contributed by atoms with van der Waals surface area (Å²) < 4.78 is 0. The maximum atomic E-state index is 6.64. The maximum Gasteiger partial charge on any atom is 0.160 e. The van der Waals surface area contributed by atoms with E-state index in [-0.39, 0.29) is 0 Å². The van der Waals surface area contributed by atoms with Crippen LogP contribution in [0.5, 0.6) is 0 Å². The van der Waals surface area contributed by atoms with Gasteiger partial charge in [-0.05, 0) is 63.6 Å². The molecule has 286 valence electrons. The number of nitrogens with zero attached hydrogens (tertiary/aromatic N) is 3. The number of hydrogen-bond acceptors (Lipinski definition) is 3. The Morgan fingerprint density at radius 2 is 0.850 bits per heavy atom. The molecule has 1 heterocycles. The second-order valence-electron chi connectivity index (χ2n) is 14.6. The van der Waals surface area contributed by atoms with Crippen molar-refractivity contribution in [2.75, 3.05) is 0 Å². The van der Waals surface area contributed by atoms with E-state index < -0.39 is 0 Å². The normalized spacial score (nSPS) is 11.7. The second kappa shape index (κ2) is 17.7. The van der Waals surface area contributed by atoms with E-state index in [1.807, 2.05) is 72.8 Å². The number of aliphatic imine (C=N–C) groups is 1. The van der Waals surface area contributed by atoms with Gasteiger partial charge in [-0.3, -0.25) is 0 Å². The third kappa shape index (κ3) is 8.50. The number of benzene rings is 8. The van der Waals surface area contributed by atoms with E-state index >= 15 is 0 Å². The van der Waals surface area contributed by atoms with Crippen LogP contribution in [0.15, 0.2) is 236 Å². The van der Waals surface area contributed by atoms with E-state index in [9.17, 15) is 0 Å². The minimum atomic E-state index is 0.478. The van der Waals surface area contributed by atoms with Gasteiger partial charge in [-0.25, -0.2) is 15.0 Å². The van der Waals surface area contributed by atoms with Crippen molar-refractivity contribution in [2.24, 2.45) is 10.7 Å². The Morgan fingerprint density at radius 1 is 0.400 bits per heavy atom. The van der Waals surface area contributed by atoms with E-state index in [0.717, 1.165) is 84.7 Å². The lowest BCUT2D eigenvalue weighted by atomic mass is 9.88. The molecule has 0 aliphatic carbocycles. The average molecular weight is 771 g/mol. The molecule has 0 fully saturated rings. The first kappa shape index (κ1) is 37.6. The van der Waals surface area contributed by atoms with Crippen LogP contribution in [0, 0.1) is 0 Å². The fourth-order valence-corrected chi connectivity index (χ4v) is 7.56. The molecular formula is C56H42N4. The largest absolute Gasteiger partial charge is 0.383 e. The van der Waals surface area contributed by atoms with Crippen LogP contribution in [0.2, 0.25) is 0 Å². The zero-order valence-corrected chi connectivity index (χ0v) is 33.1. The number of nitrogens with two attached hydrogens (primary N) is 1. The summed E-state index contributed by atoms with van der Waals surface area (Å²) in [6.07, 6.45) is 2.90. The molecule has 0 saturated heterocycles. The highest BCUT2D eigenvalue weighted by atomic mass is 14.9. The topological polar surface area (TPSA) is 64.2 Å². The predicted octanol–water partition coefficient (Wildman–Crippen LogP) is 13.5. The van der Waals surface area contributed by atoms with Gasteiger partial charge < -0.3 is 5.73 Å². The van der Waals surface area contributed by atoms with Crippen molar-refractivity contribution in [3.05, 3.63) is 247 Å². The standard InChI is InChI=1S/C56H42N4/c57-55(42-23-9-3-10-24-42)58-52(36-35-40-19-5-1-6-20-40)46-29-17-27-44(37-46)48-31-13-15-33-50(48)51-34-16-14-32-49(51)45-28-18-30-47(38-45)54-39-53(41-21-7-2-8-22-41)59-56(60-54)43-25-11-4-12-26-43/h1-34,36-39H,35H2,(H2,57,58)/b52-36-. The van der Waals surface area contributed by atoms with Gasteiger partial charge in [0.05, 0.1) is 17.1 Å². The summed E-state index contributed by atoms with van der Waals surface area (Å²) in [5.74, 6) is 1.17. The monoisotopic (exact) mass is 770 g/mol. The molecule has 4 heteroatoms. The van der Waals surface area contributed by atoms with E-state index in [1.54, 1.807) is 0 Å². The van der Waals surface area contributed by atoms with E-state index in [0.29, 0.717) is 11.7 Å². The van der Waals surface area contributed by atoms with Crippen molar-refractivity contribution in [2.45, 2.75) is 6.42 Å². The molecule has 1 aromatic heterocycles. The van der Waals surface area contributed by atoms with Crippen molar-refractivity contribution in [1.29, 1.82) is 0 Å². The first-order valence-electron chi connectivity index (χ1n) is 20.2. The molecule has 0 aliphatic heterocycles. The molecule has 9 rings (SSSR count). The minimum absolute atomic E-state index is 0.478.